The maximum absolute atomic E-state index is 12.4. The zero-order chi connectivity index (χ0) is 15.5. The summed E-state index contributed by atoms with van der Waals surface area (Å²) in [6.45, 7) is 5.53. The summed E-state index contributed by atoms with van der Waals surface area (Å²) in [6.07, 6.45) is 2.64. The van der Waals surface area contributed by atoms with E-state index in [-0.39, 0.29) is 17.9 Å². The van der Waals surface area contributed by atoms with Gasteiger partial charge in [-0.25, -0.2) is 4.98 Å². The summed E-state index contributed by atoms with van der Waals surface area (Å²) >= 11 is 0. The lowest BCUT2D eigenvalue weighted by atomic mass is 10.2. The molecule has 1 aromatic heterocycles. The summed E-state index contributed by atoms with van der Waals surface area (Å²) in [5.74, 6) is 1.09. The number of amides is 1. The van der Waals surface area contributed by atoms with Crippen LogP contribution in [0.25, 0.3) is 0 Å². The van der Waals surface area contributed by atoms with Gasteiger partial charge in [-0.1, -0.05) is 0 Å². The monoisotopic (exact) mass is 300 g/mol. The molecule has 2 aliphatic rings. The van der Waals surface area contributed by atoms with Crippen molar-refractivity contribution < 1.29 is 9.53 Å². The fraction of sp³-hybridized carbons (Fsp3) is 0.562. The summed E-state index contributed by atoms with van der Waals surface area (Å²) in [6, 6.07) is 5.62. The van der Waals surface area contributed by atoms with Gasteiger partial charge in [-0.2, -0.15) is 5.26 Å². The number of anilines is 1. The lowest BCUT2D eigenvalue weighted by Crippen LogP contribution is -2.49. The number of nitriles is 1. The fourth-order valence-corrected chi connectivity index (χ4v) is 2.88. The van der Waals surface area contributed by atoms with Gasteiger partial charge in [0.05, 0.1) is 23.7 Å². The second-order valence-electron chi connectivity index (χ2n) is 5.66. The van der Waals surface area contributed by atoms with Crippen LogP contribution in [0.1, 0.15) is 18.9 Å². The van der Waals surface area contributed by atoms with Gasteiger partial charge in [0.15, 0.2) is 0 Å². The number of carbonyl (C=O) groups excluding carboxylic acids is 1. The number of nitrogens with zero attached hydrogens (tertiary/aromatic N) is 4. The van der Waals surface area contributed by atoms with Crippen LogP contribution in [0.5, 0.6) is 0 Å². The van der Waals surface area contributed by atoms with Crippen LogP contribution in [0.4, 0.5) is 5.82 Å². The highest BCUT2D eigenvalue weighted by atomic mass is 16.5. The van der Waals surface area contributed by atoms with Gasteiger partial charge in [-0.3, -0.25) is 4.79 Å². The first-order valence-electron chi connectivity index (χ1n) is 7.74. The van der Waals surface area contributed by atoms with Crippen molar-refractivity contribution >= 4 is 11.7 Å². The van der Waals surface area contributed by atoms with Gasteiger partial charge in [-0.05, 0) is 25.5 Å². The Morgan fingerprint density at radius 3 is 2.91 bits per heavy atom. The van der Waals surface area contributed by atoms with E-state index < -0.39 is 0 Å². The summed E-state index contributed by atoms with van der Waals surface area (Å²) in [5, 5.41) is 8.95. The summed E-state index contributed by atoms with van der Waals surface area (Å²) in [7, 11) is 0. The summed E-state index contributed by atoms with van der Waals surface area (Å²) < 4.78 is 5.49. The number of aromatic nitrogens is 1. The second kappa shape index (κ2) is 6.32. The number of piperazine rings is 1. The molecule has 22 heavy (non-hydrogen) atoms. The number of rotatable bonds is 4. The summed E-state index contributed by atoms with van der Waals surface area (Å²) in [4.78, 5) is 20.7. The van der Waals surface area contributed by atoms with E-state index in [4.69, 9.17) is 10.00 Å². The predicted molar refractivity (Wildman–Crippen MR) is 81.3 cm³/mol. The molecule has 0 radical (unpaired) electrons. The molecule has 1 aromatic rings. The standard InChI is InChI=1S/C16H20N4O2/c1-2-22-14-10-13(14)16(21)20-7-5-19(6-8-20)15-9-12(11-17)3-4-18-15/h3-4,9,13-14H,2,5-8,10H2,1H3/t13-,14-/m0/s1. The molecule has 2 fully saturated rings. The summed E-state index contributed by atoms with van der Waals surface area (Å²) in [5.41, 5.74) is 0.612. The quantitative estimate of drug-likeness (QED) is 0.830. The highest BCUT2D eigenvalue weighted by Crippen LogP contribution is 2.35. The lowest BCUT2D eigenvalue weighted by Gasteiger charge is -2.35. The molecule has 0 bridgehead atoms. The van der Waals surface area contributed by atoms with Crippen LogP contribution in [0, 0.1) is 17.2 Å². The van der Waals surface area contributed by atoms with Gasteiger partial charge >= 0.3 is 0 Å². The van der Waals surface area contributed by atoms with Crippen LogP contribution in [0.15, 0.2) is 18.3 Å². The molecule has 6 nitrogen and oxygen atoms in total. The molecule has 0 spiro atoms. The van der Waals surface area contributed by atoms with Crippen molar-refractivity contribution in [3.63, 3.8) is 0 Å². The van der Waals surface area contributed by atoms with Crippen molar-refractivity contribution in [1.82, 2.24) is 9.88 Å². The van der Waals surface area contributed by atoms with Gasteiger partial charge in [0.25, 0.3) is 0 Å². The zero-order valence-electron chi connectivity index (χ0n) is 12.7. The van der Waals surface area contributed by atoms with Gasteiger partial charge in [0.2, 0.25) is 5.91 Å². The highest BCUT2D eigenvalue weighted by molar-refractivity contribution is 5.82. The van der Waals surface area contributed by atoms with E-state index in [9.17, 15) is 4.79 Å². The third kappa shape index (κ3) is 3.04. The second-order valence-corrected chi connectivity index (χ2v) is 5.66. The molecule has 3 rings (SSSR count). The van der Waals surface area contributed by atoms with E-state index in [1.54, 1.807) is 18.3 Å². The lowest BCUT2D eigenvalue weighted by molar-refractivity contribution is -0.133. The molecule has 1 saturated carbocycles. The Balaban J connectivity index is 1.54. The third-order valence-corrected chi connectivity index (χ3v) is 4.22. The molecule has 1 aliphatic heterocycles. The van der Waals surface area contributed by atoms with Crippen molar-refractivity contribution in [2.24, 2.45) is 5.92 Å². The molecule has 1 aliphatic carbocycles. The van der Waals surface area contributed by atoms with Crippen molar-refractivity contribution in [2.75, 3.05) is 37.7 Å². The van der Waals surface area contributed by atoms with Crippen LogP contribution in [0.3, 0.4) is 0 Å². The third-order valence-electron chi connectivity index (χ3n) is 4.22. The largest absolute Gasteiger partial charge is 0.378 e. The van der Waals surface area contributed by atoms with E-state index in [0.717, 1.165) is 25.3 Å². The molecule has 0 aromatic carbocycles. The average molecular weight is 300 g/mol. The SMILES string of the molecule is CCO[C@H]1C[C@@H]1C(=O)N1CCN(c2cc(C#N)ccn2)CC1. The Kier molecular flexibility index (Phi) is 4.25. The van der Waals surface area contributed by atoms with Crippen LogP contribution in [-0.4, -0.2) is 54.7 Å². The molecule has 2 heterocycles. The minimum Gasteiger partial charge on any atom is -0.378 e. The van der Waals surface area contributed by atoms with Gasteiger partial charge in [0, 0.05) is 39.0 Å². The van der Waals surface area contributed by atoms with Gasteiger partial charge in [-0.15, -0.1) is 0 Å². The maximum Gasteiger partial charge on any atom is 0.228 e. The first kappa shape index (κ1) is 14.8. The molecular formula is C16H20N4O2. The number of carbonyl (C=O) groups is 1. The van der Waals surface area contributed by atoms with E-state index in [2.05, 4.69) is 16.0 Å². The normalized spacial score (nSPS) is 24.0. The van der Waals surface area contributed by atoms with Crippen LogP contribution in [-0.2, 0) is 9.53 Å². The van der Waals surface area contributed by atoms with E-state index >= 15 is 0 Å². The van der Waals surface area contributed by atoms with Gasteiger partial charge in [0.1, 0.15) is 5.82 Å². The Labute approximate surface area is 130 Å². The number of hydrogen-bond donors (Lipinski definition) is 0. The fourth-order valence-electron chi connectivity index (χ4n) is 2.88. The first-order valence-corrected chi connectivity index (χ1v) is 7.74. The minimum atomic E-state index is 0.0616. The number of hydrogen-bond acceptors (Lipinski definition) is 5. The van der Waals surface area contributed by atoms with E-state index in [0.29, 0.717) is 25.3 Å². The molecule has 6 heteroatoms. The van der Waals surface area contributed by atoms with E-state index in [1.807, 2.05) is 11.8 Å². The first-order chi connectivity index (χ1) is 10.7. The predicted octanol–water partition coefficient (Wildman–Crippen LogP) is 1.03. The number of pyridine rings is 1. The highest BCUT2D eigenvalue weighted by Gasteiger charge is 2.46. The average Bonchev–Trinajstić information content (AvgIpc) is 3.34. The van der Waals surface area contributed by atoms with Crippen molar-refractivity contribution in [2.45, 2.75) is 19.4 Å². The molecule has 2 atom stereocenters. The Hall–Kier alpha value is -2.13. The topological polar surface area (TPSA) is 69.5 Å². The number of ether oxygens (including phenoxy) is 1. The van der Waals surface area contributed by atoms with Crippen LogP contribution in [0.2, 0.25) is 0 Å². The van der Waals surface area contributed by atoms with Crippen molar-refractivity contribution in [3.8, 4) is 6.07 Å². The van der Waals surface area contributed by atoms with Crippen LogP contribution < -0.4 is 4.90 Å². The molecule has 1 amide bonds. The maximum atomic E-state index is 12.4. The Morgan fingerprint density at radius 2 is 2.23 bits per heavy atom. The molecule has 1 saturated heterocycles. The Morgan fingerprint density at radius 1 is 1.45 bits per heavy atom. The van der Waals surface area contributed by atoms with Crippen LogP contribution >= 0.6 is 0 Å². The molecular weight excluding hydrogens is 280 g/mol. The van der Waals surface area contributed by atoms with E-state index in [1.165, 1.54) is 0 Å². The van der Waals surface area contributed by atoms with Gasteiger partial charge < -0.3 is 14.5 Å². The molecule has 0 N–H and O–H groups in total. The molecule has 0 unspecified atom stereocenters. The molecule has 116 valence electrons. The van der Waals surface area contributed by atoms with Crippen molar-refractivity contribution in [3.05, 3.63) is 23.9 Å². The van der Waals surface area contributed by atoms with Crippen molar-refractivity contribution in [1.29, 1.82) is 5.26 Å². The zero-order valence-corrected chi connectivity index (χ0v) is 12.7. The minimum absolute atomic E-state index is 0.0616. The Bertz CT molecular complexity index is 590. The smallest absolute Gasteiger partial charge is 0.228 e.